The number of nitrogens with zero attached hydrogens (tertiary/aromatic N) is 1. The first kappa shape index (κ1) is 25.7. The fraction of sp³-hybridized carbons (Fsp3) is 0.129. The van der Waals surface area contributed by atoms with E-state index in [2.05, 4.69) is 6.08 Å². The van der Waals surface area contributed by atoms with Gasteiger partial charge >= 0.3 is 0 Å². The molecule has 1 heterocycles. The highest BCUT2D eigenvalue weighted by molar-refractivity contribution is 6.37. The van der Waals surface area contributed by atoms with Crippen molar-refractivity contribution >= 4 is 29.1 Å². The summed E-state index contributed by atoms with van der Waals surface area (Å²) in [5, 5.41) is 0.525. The predicted octanol–water partition coefficient (Wildman–Crippen LogP) is 8.18. The van der Waals surface area contributed by atoms with Crippen LogP contribution in [0.15, 0.2) is 121 Å². The van der Waals surface area contributed by atoms with Gasteiger partial charge in [0.15, 0.2) is 5.75 Å². The smallest absolute Gasteiger partial charge is 0.262 e. The average Bonchev–Trinajstić information content (AvgIpc) is 2.96. The predicted molar refractivity (Wildman–Crippen MR) is 148 cm³/mol. The summed E-state index contributed by atoms with van der Waals surface area (Å²) >= 11 is 12.9. The summed E-state index contributed by atoms with van der Waals surface area (Å²) in [7, 11) is 0. The lowest BCUT2D eigenvalue weighted by Crippen LogP contribution is -2.23. The minimum absolute atomic E-state index is 0.263. The number of allylic oxidation sites excluding steroid dienone is 3. The Bertz CT molecular complexity index is 1410. The standard InChI is InChI=1S/C31H25Cl2NO4/c32-27-17-25(18-28(33)30(27)38-21-23-10-5-2-6-11-23)31(35)34-14-15-36-29(19-34)24-12-7-13-26(16-24)37-20-22-8-3-1-4-9-22/h1-6,8-11,13-19H,7,12,20-21H2. The fourth-order valence-corrected chi connectivity index (χ4v) is 4.66. The van der Waals surface area contributed by atoms with Gasteiger partial charge in [-0.05, 0) is 48.3 Å². The number of hydrogen-bond donors (Lipinski definition) is 0. The van der Waals surface area contributed by atoms with Gasteiger partial charge in [0.2, 0.25) is 0 Å². The highest BCUT2D eigenvalue weighted by Gasteiger charge is 2.22. The van der Waals surface area contributed by atoms with Gasteiger partial charge in [-0.25, -0.2) is 0 Å². The maximum atomic E-state index is 13.3. The lowest BCUT2D eigenvalue weighted by molar-refractivity contribution is 0.0855. The van der Waals surface area contributed by atoms with Crippen molar-refractivity contribution in [2.45, 2.75) is 26.1 Å². The van der Waals surface area contributed by atoms with Gasteiger partial charge in [0.05, 0.1) is 16.2 Å². The van der Waals surface area contributed by atoms with Crippen molar-refractivity contribution in [3.63, 3.8) is 0 Å². The van der Waals surface area contributed by atoms with Crippen molar-refractivity contribution in [3.8, 4) is 5.75 Å². The van der Waals surface area contributed by atoms with E-state index in [4.69, 9.17) is 37.4 Å². The molecule has 38 heavy (non-hydrogen) atoms. The number of carbonyl (C=O) groups is 1. The number of halogens is 2. The number of carbonyl (C=O) groups excluding carboxylic acids is 1. The summed E-state index contributed by atoms with van der Waals surface area (Å²) in [5.74, 6) is 1.39. The third-order valence-corrected chi connectivity index (χ3v) is 6.58. The van der Waals surface area contributed by atoms with Crippen molar-refractivity contribution in [1.82, 2.24) is 4.90 Å². The molecule has 7 heteroatoms. The van der Waals surface area contributed by atoms with Crippen LogP contribution in [0.4, 0.5) is 0 Å². The van der Waals surface area contributed by atoms with Gasteiger partial charge in [-0.15, -0.1) is 0 Å². The zero-order valence-electron chi connectivity index (χ0n) is 20.5. The van der Waals surface area contributed by atoms with E-state index >= 15 is 0 Å². The molecule has 1 aliphatic carbocycles. The van der Waals surface area contributed by atoms with Gasteiger partial charge < -0.3 is 14.2 Å². The van der Waals surface area contributed by atoms with Crippen molar-refractivity contribution < 1.29 is 19.0 Å². The van der Waals surface area contributed by atoms with Gasteiger partial charge in [-0.3, -0.25) is 9.69 Å². The molecule has 5 nitrogen and oxygen atoms in total. The van der Waals surface area contributed by atoms with Crippen LogP contribution in [0.2, 0.25) is 10.0 Å². The average molecular weight is 546 g/mol. The molecule has 3 aromatic carbocycles. The van der Waals surface area contributed by atoms with E-state index < -0.39 is 0 Å². The summed E-state index contributed by atoms with van der Waals surface area (Å²) in [6, 6.07) is 22.8. The second-order valence-corrected chi connectivity index (χ2v) is 9.56. The van der Waals surface area contributed by atoms with Crippen LogP contribution in [-0.4, -0.2) is 10.8 Å². The van der Waals surface area contributed by atoms with Gasteiger partial charge in [0.25, 0.3) is 5.91 Å². The number of rotatable bonds is 8. The maximum absolute atomic E-state index is 13.3. The summed E-state index contributed by atoms with van der Waals surface area (Å²) in [5.41, 5.74) is 3.35. The van der Waals surface area contributed by atoms with Crippen LogP contribution in [-0.2, 0) is 22.7 Å². The minimum Gasteiger partial charge on any atom is -0.489 e. The Morgan fingerprint density at radius 2 is 1.53 bits per heavy atom. The largest absolute Gasteiger partial charge is 0.489 e. The zero-order valence-corrected chi connectivity index (χ0v) is 22.0. The van der Waals surface area contributed by atoms with Gasteiger partial charge in [-0.2, -0.15) is 0 Å². The van der Waals surface area contributed by atoms with Crippen molar-refractivity contribution in [2.24, 2.45) is 0 Å². The molecule has 2 aliphatic rings. The van der Waals surface area contributed by atoms with Crippen molar-refractivity contribution in [3.05, 3.63) is 147 Å². The number of benzene rings is 3. The number of hydrogen-bond acceptors (Lipinski definition) is 4. The minimum atomic E-state index is -0.298. The Hall–Kier alpha value is -3.93. The highest BCUT2D eigenvalue weighted by Crippen LogP contribution is 2.36. The highest BCUT2D eigenvalue weighted by atomic mass is 35.5. The molecule has 0 spiro atoms. The summed E-state index contributed by atoms with van der Waals surface area (Å²) in [6.07, 6.45) is 10.3. The molecule has 0 bridgehead atoms. The zero-order chi connectivity index (χ0) is 26.3. The Morgan fingerprint density at radius 1 is 0.895 bits per heavy atom. The third kappa shape index (κ3) is 6.31. The molecule has 1 amide bonds. The van der Waals surface area contributed by atoms with Crippen LogP contribution in [0.5, 0.6) is 5.75 Å². The monoisotopic (exact) mass is 545 g/mol. The van der Waals surface area contributed by atoms with E-state index in [9.17, 15) is 4.79 Å². The fourth-order valence-electron chi connectivity index (χ4n) is 4.06. The topological polar surface area (TPSA) is 48.0 Å². The van der Waals surface area contributed by atoms with Gasteiger partial charge in [-0.1, -0.05) is 83.9 Å². The molecule has 0 unspecified atom stereocenters. The molecule has 0 atom stereocenters. The quantitative estimate of drug-likeness (QED) is 0.286. The molecule has 5 rings (SSSR count). The van der Waals surface area contributed by atoms with Gasteiger partial charge in [0, 0.05) is 17.3 Å². The van der Waals surface area contributed by atoms with Crippen molar-refractivity contribution in [1.29, 1.82) is 0 Å². The lowest BCUT2D eigenvalue weighted by atomic mass is 10.0. The first-order valence-corrected chi connectivity index (χ1v) is 12.9. The molecule has 0 aromatic heterocycles. The Labute approximate surface area is 231 Å². The van der Waals surface area contributed by atoms with E-state index in [1.165, 1.54) is 11.2 Å². The third-order valence-electron chi connectivity index (χ3n) is 6.02. The van der Waals surface area contributed by atoms with E-state index in [0.717, 1.165) is 35.3 Å². The van der Waals surface area contributed by atoms with E-state index in [1.54, 1.807) is 24.5 Å². The molecule has 192 valence electrons. The Balaban J connectivity index is 1.27. The molecular weight excluding hydrogens is 521 g/mol. The maximum Gasteiger partial charge on any atom is 0.262 e. The molecule has 0 fully saturated rings. The SMILES string of the molecule is O=C(c1cc(Cl)c(OCc2ccccc2)c(Cl)c1)N1C=COC(C2=CC(OCc3ccccc3)=CCC2)=C1. The Kier molecular flexibility index (Phi) is 8.17. The summed E-state index contributed by atoms with van der Waals surface area (Å²) in [6.45, 7) is 0.792. The molecule has 0 radical (unpaired) electrons. The summed E-state index contributed by atoms with van der Waals surface area (Å²) in [4.78, 5) is 14.8. The Morgan fingerprint density at radius 3 is 2.18 bits per heavy atom. The van der Waals surface area contributed by atoms with Crippen LogP contribution in [0.25, 0.3) is 0 Å². The van der Waals surface area contributed by atoms with E-state index in [1.807, 2.05) is 66.7 Å². The second-order valence-electron chi connectivity index (χ2n) is 8.74. The number of ether oxygens (including phenoxy) is 3. The van der Waals surface area contributed by atoms with Crippen LogP contribution in [0.3, 0.4) is 0 Å². The molecule has 0 N–H and O–H groups in total. The first-order chi connectivity index (χ1) is 18.6. The van der Waals surface area contributed by atoms with E-state index in [0.29, 0.717) is 30.3 Å². The molecule has 0 saturated carbocycles. The molecule has 1 aliphatic heterocycles. The second kappa shape index (κ2) is 12.1. The van der Waals surface area contributed by atoms with Crippen molar-refractivity contribution in [2.75, 3.05) is 0 Å². The molecule has 3 aromatic rings. The van der Waals surface area contributed by atoms with Crippen LogP contribution in [0.1, 0.15) is 34.3 Å². The van der Waals surface area contributed by atoms with Gasteiger partial charge in [0.1, 0.15) is 31.0 Å². The van der Waals surface area contributed by atoms with E-state index in [-0.39, 0.29) is 16.0 Å². The normalized spacial score (nSPS) is 14.7. The molecule has 0 saturated heterocycles. The summed E-state index contributed by atoms with van der Waals surface area (Å²) < 4.78 is 17.6. The number of amides is 1. The first-order valence-electron chi connectivity index (χ1n) is 12.2. The van der Waals surface area contributed by atoms with Crippen LogP contribution < -0.4 is 4.74 Å². The van der Waals surface area contributed by atoms with Crippen LogP contribution >= 0.6 is 23.2 Å². The molecular formula is C31H25Cl2NO4. The lowest BCUT2D eigenvalue weighted by Gasteiger charge is -2.23. The van der Waals surface area contributed by atoms with Crippen LogP contribution in [0, 0.1) is 0 Å².